The molecular weight excluding hydrogens is 498 g/mol. The number of hydrogen-bond donors (Lipinski definition) is 1. The first kappa shape index (κ1) is 34.2. The van der Waals surface area contributed by atoms with Gasteiger partial charge in [-0.05, 0) is 19.4 Å². The number of carbonyl (C=O) groups excluding carboxylic acids is 1. The molecule has 0 aromatic heterocycles. The van der Waals surface area contributed by atoms with Gasteiger partial charge in [-0.25, -0.2) is 4.79 Å². The van der Waals surface area contributed by atoms with Crippen molar-refractivity contribution in [2.75, 3.05) is 106 Å². The summed E-state index contributed by atoms with van der Waals surface area (Å²) in [4.78, 5) is 11.6. The number of alkyl carbamates (subject to hydrolysis) is 1. The molecular formula is C27H47NO10. The van der Waals surface area contributed by atoms with E-state index in [-0.39, 0.29) is 12.7 Å². The second kappa shape index (κ2) is 26.8. The van der Waals surface area contributed by atoms with Crippen LogP contribution in [0.25, 0.3) is 0 Å². The van der Waals surface area contributed by atoms with Crippen molar-refractivity contribution in [3.63, 3.8) is 0 Å². The largest absolute Gasteiger partial charge is 0.445 e. The molecule has 0 radical (unpaired) electrons. The van der Waals surface area contributed by atoms with Crippen molar-refractivity contribution >= 4 is 6.09 Å². The van der Waals surface area contributed by atoms with E-state index >= 15 is 0 Å². The minimum atomic E-state index is -0.464. The van der Waals surface area contributed by atoms with Crippen LogP contribution in [0.4, 0.5) is 4.79 Å². The molecule has 220 valence electrons. The van der Waals surface area contributed by atoms with Crippen molar-refractivity contribution in [2.24, 2.45) is 0 Å². The van der Waals surface area contributed by atoms with E-state index in [0.29, 0.717) is 106 Å². The van der Waals surface area contributed by atoms with Crippen LogP contribution in [0.2, 0.25) is 0 Å². The predicted molar refractivity (Wildman–Crippen MR) is 141 cm³/mol. The normalized spacial score (nSPS) is 11.2. The Labute approximate surface area is 227 Å². The zero-order valence-corrected chi connectivity index (χ0v) is 23.1. The Morgan fingerprint density at radius 1 is 0.605 bits per heavy atom. The quantitative estimate of drug-likeness (QED) is 0.166. The molecule has 0 unspecified atom stereocenters. The molecule has 0 spiro atoms. The van der Waals surface area contributed by atoms with E-state index in [0.717, 1.165) is 5.56 Å². The van der Waals surface area contributed by atoms with Gasteiger partial charge in [-0.3, -0.25) is 0 Å². The SMILES string of the molecule is CC(C)OCCOCCOCCOCCOCCOCCOCCOCCNC(=O)OCc1ccccc1. The van der Waals surface area contributed by atoms with Gasteiger partial charge in [0, 0.05) is 6.54 Å². The highest BCUT2D eigenvalue weighted by molar-refractivity contribution is 5.67. The molecule has 0 saturated carbocycles. The summed E-state index contributed by atoms with van der Waals surface area (Å²) in [6, 6.07) is 9.51. The maximum Gasteiger partial charge on any atom is 0.407 e. The fraction of sp³-hybridized carbons (Fsp3) is 0.741. The lowest BCUT2D eigenvalue weighted by Crippen LogP contribution is -2.28. The standard InChI is InChI=1S/C27H47NO10/c1-25(2)37-23-22-36-21-20-35-19-18-34-17-16-33-15-14-32-13-12-31-11-10-30-9-8-28-27(29)38-24-26-6-4-3-5-7-26/h3-7,25H,8-24H2,1-2H3,(H,28,29). The van der Waals surface area contributed by atoms with Crippen molar-refractivity contribution in [3.05, 3.63) is 35.9 Å². The molecule has 1 aromatic rings. The van der Waals surface area contributed by atoms with E-state index in [2.05, 4.69) is 5.32 Å². The minimum Gasteiger partial charge on any atom is -0.445 e. The van der Waals surface area contributed by atoms with Crippen molar-refractivity contribution < 1.29 is 47.4 Å². The number of nitrogens with one attached hydrogen (secondary N) is 1. The Bertz CT molecular complexity index is 636. The van der Waals surface area contributed by atoms with E-state index in [1.54, 1.807) is 0 Å². The van der Waals surface area contributed by atoms with Crippen LogP contribution in [0.5, 0.6) is 0 Å². The van der Waals surface area contributed by atoms with Crippen LogP contribution in [0.15, 0.2) is 30.3 Å². The van der Waals surface area contributed by atoms with Gasteiger partial charge >= 0.3 is 6.09 Å². The maximum absolute atomic E-state index is 11.6. The average molecular weight is 546 g/mol. The molecule has 1 amide bonds. The van der Waals surface area contributed by atoms with Crippen LogP contribution in [0.1, 0.15) is 19.4 Å². The van der Waals surface area contributed by atoms with Crippen LogP contribution >= 0.6 is 0 Å². The highest BCUT2D eigenvalue weighted by Gasteiger charge is 2.01. The van der Waals surface area contributed by atoms with Crippen LogP contribution < -0.4 is 5.32 Å². The highest BCUT2D eigenvalue weighted by Crippen LogP contribution is 2.00. The number of rotatable bonds is 27. The van der Waals surface area contributed by atoms with Crippen molar-refractivity contribution in [3.8, 4) is 0 Å². The van der Waals surface area contributed by atoms with Gasteiger partial charge in [-0.1, -0.05) is 30.3 Å². The molecule has 0 atom stereocenters. The zero-order chi connectivity index (χ0) is 27.4. The Morgan fingerprint density at radius 2 is 1.00 bits per heavy atom. The molecule has 0 fully saturated rings. The first-order valence-corrected chi connectivity index (χ1v) is 13.3. The first-order chi connectivity index (χ1) is 18.7. The van der Waals surface area contributed by atoms with Gasteiger partial charge in [0.25, 0.3) is 0 Å². The van der Waals surface area contributed by atoms with Crippen molar-refractivity contribution in [1.82, 2.24) is 5.32 Å². The fourth-order valence-corrected chi connectivity index (χ4v) is 2.76. The molecule has 0 aliphatic rings. The third-order valence-corrected chi connectivity index (χ3v) is 4.64. The molecule has 0 aliphatic carbocycles. The lowest BCUT2D eigenvalue weighted by Gasteiger charge is -2.09. The van der Waals surface area contributed by atoms with Crippen LogP contribution in [-0.2, 0) is 49.2 Å². The van der Waals surface area contributed by atoms with E-state index in [1.807, 2.05) is 44.2 Å². The predicted octanol–water partition coefficient (Wildman–Crippen LogP) is 2.45. The Hall–Kier alpha value is -1.83. The molecule has 0 aliphatic heterocycles. The summed E-state index contributed by atoms with van der Waals surface area (Å²) in [5, 5.41) is 2.64. The zero-order valence-electron chi connectivity index (χ0n) is 23.1. The van der Waals surface area contributed by atoms with E-state index in [9.17, 15) is 4.79 Å². The third kappa shape index (κ3) is 24.5. The summed E-state index contributed by atoms with van der Waals surface area (Å²) >= 11 is 0. The Balaban J connectivity index is 1.67. The second-order valence-corrected chi connectivity index (χ2v) is 8.19. The van der Waals surface area contributed by atoms with Crippen LogP contribution in [0.3, 0.4) is 0 Å². The van der Waals surface area contributed by atoms with Crippen molar-refractivity contribution in [2.45, 2.75) is 26.6 Å². The lowest BCUT2D eigenvalue weighted by atomic mass is 10.2. The monoisotopic (exact) mass is 545 g/mol. The molecule has 0 heterocycles. The van der Waals surface area contributed by atoms with Gasteiger partial charge in [-0.15, -0.1) is 0 Å². The summed E-state index contributed by atoms with van der Waals surface area (Å²) < 4.78 is 48.5. The summed E-state index contributed by atoms with van der Waals surface area (Å²) in [5.41, 5.74) is 0.942. The number of benzene rings is 1. The third-order valence-electron chi connectivity index (χ3n) is 4.64. The van der Waals surface area contributed by atoms with Gasteiger partial charge < -0.3 is 47.9 Å². The van der Waals surface area contributed by atoms with Crippen molar-refractivity contribution in [1.29, 1.82) is 0 Å². The van der Waals surface area contributed by atoms with E-state index in [1.165, 1.54) is 0 Å². The molecule has 11 nitrogen and oxygen atoms in total. The topological polar surface area (TPSA) is 112 Å². The number of hydrogen-bond acceptors (Lipinski definition) is 10. The molecule has 0 bridgehead atoms. The fourth-order valence-electron chi connectivity index (χ4n) is 2.76. The van der Waals surface area contributed by atoms with Gasteiger partial charge in [-0.2, -0.15) is 0 Å². The average Bonchev–Trinajstić information content (AvgIpc) is 2.92. The van der Waals surface area contributed by atoms with E-state index < -0.39 is 6.09 Å². The van der Waals surface area contributed by atoms with Crippen LogP contribution in [-0.4, -0.2) is 118 Å². The highest BCUT2D eigenvalue weighted by atomic mass is 16.6. The van der Waals surface area contributed by atoms with Gasteiger partial charge in [0.2, 0.25) is 0 Å². The molecule has 38 heavy (non-hydrogen) atoms. The first-order valence-electron chi connectivity index (χ1n) is 13.3. The van der Waals surface area contributed by atoms with Crippen LogP contribution in [0, 0.1) is 0 Å². The summed E-state index contributed by atoms with van der Waals surface area (Å²) in [5.74, 6) is 0. The Morgan fingerprint density at radius 3 is 1.42 bits per heavy atom. The van der Waals surface area contributed by atoms with E-state index in [4.69, 9.17) is 42.6 Å². The number of carbonyl (C=O) groups is 1. The molecule has 1 aromatic carbocycles. The molecule has 1 rings (SSSR count). The minimum absolute atomic E-state index is 0.229. The molecule has 11 heteroatoms. The maximum atomic E-state index is 11.6. The Kier molecular flexibility index (Phi) is 24.1. The van der Waals surface area contributed by atoms with Gasteiger partial charge in [0.1, 0.15) is 6.61 Å². The summed E-state index contributed by atoms with van der Waals surface area (Å²) in [7, 11) is 0. The summed E-state index contributed by atoms with van der Waals surface area (Å²) in [6.07, 6.45) is -0.235. The number of amides is 1. The lowest BCUT2D eigenvalue weighted by molar-refractivity contribution is -0.0255. The number of ether oxygens (including phenoxy) is 9. The van der Waals surface area contributed by atoms with Gasteiger partial charge in [0.15, 0.2) is 0 Å². The summed E-state index contributed by atoms with van der Waals surface area (Å²) in [6.45, 7) is 12.2. The smallest absolute Gasteiger partial charge is 0.407 e. The van der Waals surface area contributed by atoms with Gasteiger partial charge in [0.05, 0.1) is 105 Å². The molecule has 1 N–H and O–H groups in total. The second-order valence-electron chi connectivity index (χ2n) is 8.19. The molecule has 0 saturated heterocycles.